The molecule has 0 amide bonds. The molecule has 2 nitrogen and oxygen atoms in total. The number of nitrogens with one attached hydrogen (secondary N) is 1. The number of benzene rings is 3. The highest BCUT2D eigenvalue weighted by Gasteiger charge is 2.15. The van der Waals surface area contributed by atoms with E-state index >= 15 is 0 Å². The van der Waals surface area contributed by atoms with Crippen LogP contribution in [0, 0.1) is 0 Å². The molecule has 0 fully saturated rings. The maximum atomic E-state index is 5.74. The van der Waals surface area contributed by atoms with Gasteiger partial charge in [-0.1, -0.05) is 70.5 Å². The quantitative estimate of drug-likeness (QED) is 0.342. The Morgan fingerprint density at radius 2 is 1.59 bits per heavy atom. The average molecular weight is 419 g/mol. The Morgan fingerprint density at radius 1 is 0.815 bits per heavy atom. The van der Waals surface area contributed by atoms with E-state index in [2.05, 4.69) is 93.7 Å². The zero-order valence-electron chi connectivity index (χ0n) is 15.2. The summed E-state index contributed by atoms with van der Waals surface area (Å²) >= 11 is 3.72. The van der Waals surface area contributed by atoms with Crippen LogP contribution in [-0.4, -0.2) is 11.5 Å². The number of aryl methyl sites for hydroxylation is 1. The Labute approximate surface area is 168 Å². The Bertz CT molecular complexity index is 1050. The Kier molecular flexibility index (Phi) is 5.42. The number of rotatable bonds is 6. The maximum Gasteiger partial charge on any atom is 0.0508 e. The molecule has 0 bridgehead atoms. The van der Waals surface area contributed by atoms with E-state index in [0.717, 1.165) is 30.3 Å². The van der Waals surface area contributed by atoms with Gasteiger partial charge in [-0.2, -0.15) is 0 Å². The molecular formula is C24H23BrN2. The molecule has 4 rings (SSSR count). The second-order valence-electron chi connectivity index (χ2n) is 6.83. The molecular weight excluding hydrogens is 396 g/mol. The van der Waals surface area contributed by atoms with Crippen LogP contribution in [0.15, 0.2) is 77.3 Å². The van der Waals surface area contributed by atoms with Gasteiger partial charge in [0.05, 0.1) is 5.69 Å². The van der Waals surface area contributed by atoms with Gasteiger partial charge in [-0.25, -0.2) is 0 Å². The predicted octanol–water partition coefficient (Wildman–Crippen LogP) is 6.55. The van der Waals surface area contributed by atoms with E-state index in [-0.39, 0.29) is 0 Å². The van der Waals surface area contributed by atoms with Crippen molar-refractivity contribution in [2.24, 2.45) is 5.73 Å². The van der Waals surface area contributed by atoms with Crippen molar-refractivity contribution in [3.05, 3.63) is 82.8 Å². The zero-order valence-corrected chi connectivity index (χ0v) is 16.8. The van der Waals surface area contributed by atoms with Crippen LogP contribution in [0.2, 0.25) is 0 Å². The Hall–Kier alpha value is -2.36. The minimum absolute atomic E-state index is 0.738. The molecule has 0 saturated carbocycles. The van der Waals surface area contributed by atoms with E-state index < -0.39 is 0 Å². The fourth-order valence-corrected chi connectivity index (χ4v) is 4.14. The van der Waals surface area contributed by atoms with Crippen molar-refractivity contribution in [3.8, 4) is 22.4 Å². The number of hydrogen-bond acceptors (Lipinski definition) is 1. The fraction of sp³-hybridized carbons (Fsp3) is 0.167. The van der Waals surface area contributed by atoms with Crippen molar-refractivity contribution >= 4 is 26.8 Å². The minimum Gasteiger partial charge on any atom is -0.354 e. The molecule has 0 atom stereocenters. The highest BCUT2D eigenvalue weighted by molar-refractivity contribution is 9.10. The monoisotopic (exact) mass is 418 g/mol. The normalized spacial score (nSPS) is 11.2. The summed E-state index contributed by atoms with van der Waals surface area (Å²) in [5, 5.41) is 1.30. The van der Waals surface area contributed by atoms with Crippen LogP contribution >= 0.6 is 15.9 Å². The van der Waals surface area contributed by atoms with Crippen molar-refractivity contribution in [1.29, 1.82) is 0 Å². The summed E-state index contributed by atoms with van der Waals surface area (Å²) in [5.74, 6) is 0. The molecule has 0 saturated heterocycles. The summed E-state index contributed by atoms with van der Waals surface area (Å²) in [6.45, 7) is 0.738. The topological polar surface area (TPSA) is 41.8 Å². The van der Waals surface area contributed by atoms with Crippen molar-refractivity contribution in [2.45, 2.75) is 19.3 Å². The van der Waals surface area contributed by atoms with Gasteiger partial charge in [-0.3, -0.25) is 0 Å². The molecule has 1 heterocycles. The van der Waals surface area contributed by atoms with Crippen molar-refractivity contribution in [3.63, 3.8) is 0 Å². The number of nitrogens with two attached hydrogens (primary N) is 1. The third-order valence-corrected chi connectivity index (χ3v) is 5.73. The van der Waals surface area contributed by atoms with E-state index in [0.29, 0.717) is 0 Å². The van der Waals surface area contributed by atoms with Crippen LogP contribution in [0.3, 0.4) is 0 Å². The average Bonchev–Trinajstić information content (AvgIpc) is 3.07. The van der Waals surface area contributed by atoms with E-state index in [1.165, 1.54) is 38.9 Å². The summed E-state index contributed by atoms with van der Waals surface area (Å²) in [4.78, 5) is 3.67. The molecule has 0 aliphatic rings. The van der Waals surface area contributed by atoms with Gasteiger partial charge in [0.1, 0.15) is 0 Å². The zero-order chi connectivity index (χ0) is 18.6. The van der Waals surface area contributed by atoms with Gasteiger partial charge in [-0.05, 0) is 60.7 Å². The smallest absolute Gasteiger partial charge is 0.0508 e. The van der Waals surface area contributed by atoms with Crippen molar-refractivity contribution in [1.82, 2.24) is 4.98 Å². The summed E-state index contributed by atoms with van der Waals surface area (Å²) in [7, 11) is 0. The number of H-pyrrole nitrogens is 1. The third kappa shape index (κ3) is 3.71. The Morgan fingerprint density at radius 3 is 2.37 bits per heavy atom. The van der Waals surface area contributed by atoms with Gasteiger partial charge in [0.25, 0.3) is 0 Å². The molecule has 3 N–H and O–H groups in total. The van der Waals surface area contributed by atoms with Gasteiger partial charge >= 0.3 is 0 Å². The number of aromatic amines is 1. The second-order valence-corrected chi connectivity index (χ2v) is 7.68. The molecule has 4 aromatic rings. The first kappa shape index (κ1) is 18.0. The molecule has 0 aliphatic carbocycles. The lowest BCUT2D eigenvalue weighted by atomic mass is 9.97. The lowest BCUT2D eigenvalue weighted by Crippen LogP contribution is -1.99. The number of halogens is 1. The SMILES string of the molecule is NCCCCc1c(-c2ccccc2Br)[nH]c2ccc(-c3ccccc3)cc12. The van der Waals surface area contributed by atoms with Crippen LogP contribution in [-0.2, 0) is 6.42 Å². The lowest BCUT2D eigenvalue weighted by molar-refractivity contribution is 0.748. The van der Waals surface area contributed by atoms with E-state index in [1.807, 2.05) is 0 Å². The van der Waals surface area contributed by atoms with Crippen molar-refractivity contribution < 1.29 is 0 Å². The number of fused-ring (bicyclic) bond motifs is 1. The number of aromatic nitrogens is 1. The molecule has 0 unspecified atom stereocenters. The van der Waals surface area contributed by atoms with Crippen molar-refractivity contribution in [2.75, 3.05) is 6.54 Å². The third-order valence-electron chi connectivity index (χ3n) is 5.04. The molecule has 0 radical (unpaired) electrons. The molecule has 3 heteroatoms. The first-order chi connectivity index (χ1) is 13.3. The van der Waals surface area contributed by atoms with Gasteiger partial charge in [0.15, 0.2) is 0 Å². The van der Waals surface area contributed by atoms with E-state index in [9.17, 15) is 0 Å². The van der Waals surface area contributed by atoms with Crippen LogP contribution in [0.4, 0.5) is 0 Å². The van der Waals surface area contributed by atoms with Gasteiger partial charge in [0.2, 0.25) is 0 Å². The predicted molar refractivity (Wildman–Crippen MR) is 119 cm³/mol. The van der Waals surface area contributed by atoms with E-state index in [4.69, 9.17) is 5.73 Å². The summed E-state index contributed by atoms with van der Waals surface area (Å²) in [6, 6.07) is 25.7. The lowest BCUT2D eigenvalue weighted by Gasteiger charge is -2.08. The molecule has 0 spiro atoms. The summed E-state index contributed by atoms with van der Waals surface area (Å²) < 4.78 is 1.11. The largest absolute Gasteiger partial charge is 0.354 e. The van der Waals surface area contributed by atoms with Crippen LogP contribution in [0.1, 0.15) is 18.4 Å². The number of hydrogen-bond donors (Lipinski definition) is 2. The number of unbranched alkanes of at least 4 members (excludes halogenated alkanes) is 1. The summed E-state index contributed by atoms with van der Waals surface area (Å²) in [6.07, 6.45) is 3.16. The highest BCUT2D eigenvalue weighted by atomic mass is 79.9. The molecule has 136 valence electrons. The van der Waals surface area contributed by atoms with Gasteiger partial charge < -0.3 is 10.7 Å². The maximum absolute atomic E-state index is 5.74. The first-order valence-electron chi connectivity index (χ1n) is 9.43. The van der Waals surface area contributed by atoms with Crippen LogP contribution < -0.4 is 5.73 Å². The summed E-state index contributed by atoms with van der Waals surface area (Å²) in [5.41, 5.74) is 13.2. The van der Waals surface area contributed by atoms with Gasteiger partial charge in [0, 0.05) is 20.9 Å². The fourth-order valence-electron chi connectivity index (χ4n) is 3.66. The first-order valence-corrected chi connectivity index (χ1v) is 10.2. The van der Waals surface area contributed by atoms with E-state index in [1.54, 1.807) is 0 Å². The highest BCUT2D eigenvalue weighted by Crippen LogP contribution is 2.37. The second kappa shape index (κ2) is 8.12. The molecule has 1 aromatic heterocycles. The Balaban J connectivity index is 1.87. The minimum atomic E-state index is 0.738. The van der Waals surface area contributed by atoms with Crippen LogP contribution in [0.25, 0.3) is 33.3 Å². The standard InChI is InChI=1S/C24H23BrN2/c25-22-12-5-4-11-20(22)24-19(10-6-7-15-26)21-16-18(13-14-23(21)27-24)17-8-2-1-3-9-17/h1-5,8-9,11-14,16,27H,6-7,10,15,26H2. The molecule has 0 aliphatic heterocycles. The molecule has 3 aromatic carbocycles. The van der Waals surface area contributed by atoms with Gasteiger partial charge in [-0.15, -0.1) is 0 Å². The van der Waals surface area contributed by atoms with Crippen LogP contribution in [0.5, 0.6) is 0 Å². The molecule has 27 heavy (non-hydrogen) atoms.